The molecular formula is C17H21F2N3O3. The fourth-order valence-electron chi connectivity index (χ4n) is 2.56. The Hall–Kier alpha value is -2.51. The van der Waals surface area contributed by atoms with E-state index in [0.29, 0.717) is 12.3 Å². The summed E-state index contributed by atoms with van der Waals surface area (Å²) in [6, 6.07) is 1.95. The Kier molecular flexibility index (Phi) is 5.39. The summed E-state index contributed by atoms with van der Waals surface area (Å²) in [7, 11) is 0. The zero-order valence-electron chi connectivity index (χ0n) is 14.4. The number of urea groups is 1. The van der Waals surface area contributed by atoms with Crippen molar-refractivity contribution in [2.45, 2.75) is 39.2 Å². The topological polar surface area (TPSA) is 78.5 Å². The van der Waals surface area contributed by atoms with Gasteiger partial charge in [0.25, 0.3) is 5.91 Å². The molecule has 1 aromatic rings. The van der Waals surface area contributed by atoms with Crippen molar-refractivity contribution >= 4 is 23.5 Å². The van der Waals surface area contributed by atoms with Crippen molar-refractivity contribution in [1.82, 2.24) is 10.2 Å². The Morgan fingerprint density at radius 2 is 2.00 bits per heavy atom. The Labute approximate surface area is 144 Å². The molecule has 0 aliphatic carbocycles. The van der Waals surface area contributed by atoms with Gasteiger partial charge in [0.15, 0.2) is 0 Å². The van der Waals surface area contributed by atoms with Crippen molar-refractivity contribution in [3.63, 3.8) is 0 Å². The molecule has 8 heteroatoms. The lowest BCUT2D eigenvalue weighted by Crippen LogP contribution is -2.44. The molecule has 6 nitrogen and oxygen atoms in total. The number of carbonyl (C=O) groups is 3. The predicted octanol–water partition coefficient (Wildman–Crippen LogP) is 2.65. The molecule has 0 aromatic heterocycles. The molecule has 25 heavy (non-hydrogen) atoms. The molecule has 1 fully saturated rings. The van der Waals surface area contributed by atoms with Gasteiger partial charge in [0, 0.05) is 6.07 Å². The maximum Gasteiger partial charge on any atom is 0.325 e. The lowest BCUT2D eigenvalue weighted by atomic mass is 9.92. The van der Waals surface area contributed by atoms with Crippen molar-refractivity contribution < 1.29 is 23.2 Å². The average molecular weight is 353 g/mol. The van der Waals surface area contributed by atoms with Crippen molar-refractivity contribution in [1.29, 1.82) is 0 Å². The highest BCUT2D eigenvalue weighted by Crippen LogP contribution is 2.24. The van der Waals surface area contributed by atoms with E-state index in [2.05, 4.69) is 10.6 Å². The molecule has 0 radical (unpaired) electrons. The van der Waals surface area contributed by atoms with Gasteiger partial charge in [-0.15, -0.1) is 0 Å². The van der Waals surface area contributed by atoms with Gasteiger partial charge in [-0.3, -0.25) is 14.5 Å². The normalized spacial score (nSPS) is 20.2. The van der Waals surface area contributed by atoms with E-state index < -0.39 is 41.6 Å². The summed E-state index contributed by atoms with van der Waals surface area (Å²) in [5.74, 6) is -2.47. The zero-order valence-corrected chi connectivity index (χ0v) is 14.4. The molecule has 4 amide bonds. The maximum atomic E-state index is 13.6. The van der Waals surface area contributed by atoms with Gasteiger partial charge >= 0.3 is 6.03 Å². The monoisotopic (exact) mass is 353 g/mol. The summed E-state index contributed by atoms with van der Waals surface area (Å²) in [5, 5.41) is 4.77. The lowest BCUT2D eigenvalue weighted by Gasteiger charge is -2.22. The van der Waals surface area contributed by atoms with Gasteiger partial charge in [0.2, 0.25) is 5.91 Å². The highest BCUT2D eigenvalue weighted by atomic mass is 19.1. The summed E-state index contributed by atoms with van der Waals surface area (Å²) in [5.41, 5.74) is -1.41. The molecule has 0 saturated carbocycles. The van der Waals surface area contributed by atoms with E-state index in [1.165, 1.54) is 0 Å². The van der Waals surface area contributed by atoms with Gasteiger partial charge in [0.1, 0.15) is 23.7 Å². The number of nitrogens with zero attached hydrogens (tertiary/aromatic N) is 1. The van der Waals surface area contributed by atoms with Crippen LogP contribution in [0.2, 0.25) is 0 Å². The van der Waals surface area contributed by atoms with Crippen LogP contribution in [0.1, 0.15) is 33.6 Å². The van der Waals surface area contributed by atoms with Gasteiger partial charge in [-0.1, -0.05) is 13.8 Å². The number of hydrogen-bond donors (Lipinski definition) is 2. The summed E-state index contributed by atoms with van der Waals surface area (Å²) in [6.45, 7) is 5.05. The van der Waals surface area contributed by atoms with Crippen LogP contribution in [0.25, 0.3) is 0 Å². The SMILES string of the molecule is CC(C)CCC1(C)NC(=O)N(CC(=O)Nc2cc(F)ccc2F)C1=O. The summed E-state index contributed by atoms with van der Waals surface area (Å²) in [4.78, 5) is 37.3. The van der Waals surface area contributed by atoms with Crippen LogP contribution < -0.4 is 10.6 Å². The Bertz CT molecular complexity index is 708. The molecule has 2 N–H and O–H groups in total. The molecule has 0 spiro atoms. The molecule has 1 aliphatic rings. The first-order valence-corrected chi connectivity index (χ1v) is 8.01. The average Bonchev–Trinajstić information content (AvgIpc) is 2.73. The van der Waals surface area contributed by atoms with Crippen molar-refractivity contribution in [3.8, 4) is 0 Å². The Morgan fingerprint density at radius 3 is 2.64 bits per heavy atom. The number of hydrogen-bond acceptors (Lipinski definition) is 3. The van der Waals surface area contributed by atoms with Crippen LogP contribution in [0.3, 0.4) is 0 Å². The number of rotatable bonds is 6. The third kappa shape index (κ3) is 4.32. The van der Waals surface area contributed by atoms with Crippen LogP contribution in [0.15, 0.2) is 18.2 Å². The minimum absolute atomic E-state index is 0.348. The highest BCUT2D eigenvalue weighted by Gasteiger charge is 2.47. The van der Waals surface area contributed by atoms with E-state index in [1.807, 2.05) is 13.8 Å². The number of benzene rings is 1. The highest BCUT2D eigenvalue weighted by molar-refractivity contribution is 6.09. The van der Waals surface area contributed by atoms with Crippen LogP contribution in [-0.4, -0.2) is 34.8 Å². The number of carbonyl (C=O) groups excluding carboxylic acids is 3. The van der Waals surface area contributed by atoms with Crippen LogP contribution in [-0.2, 0) is 9.59 Å². The second-order valence-electron chi connectivity index (χ2n) is 6.76. The molecule has 1 aliphatic heterocycles. The summed E-state index contributed by atoms with van der Waals surface area (Å²) >= 11 is 0. The fraction of sp³-hybridized carbons (Fsp3) is 0.471. The number of nitrogens with one attached hydrogen (secondary N) is 2. The molecule has 1 aromatic carbocycles. The minimum Gasteiger partial charge on any atom is -0.323 e. The first-order valence-electron chi connectivity index (χ1n) is 8.01. The van der Waals surface area contributed by atoms with E-state index >= 15 is 0 Å². The predicted molar refractivity (Wildman–Crippen MR) is 87.7 cm³/mol. The molecule has 1 unspecified atom stereocenters. The van der Waals surface area contributed by atoms with Crippen molar-refractivity contribution in [2.75, 3.05) is 11.9 Å². The first kappa shape index (κ1) is 18.8. The Morgan fingerprint density at radius 1 is 1.32 bits per heavy atom. The summed E-state index contributed by atoms with van der Waals surface area (Å²) < 4.78 is 26.7. The van der Waals surface area contributed by atoms with Crippen LogP contribution in [0.4, 0.5) is 19.3 Å². The number of anilines is 1. The van der Waals surface area contributed by atoms with Crippen molar-refractivity contribution in [3.05, 3.63) is 29.8 Å². The van der Waals surface area contributed by atoms with E-state index in [9.17, 15) is 23.2 Å². The van der Waals surface area contributed by atoms with Crippen LogP contribution in [0, 0.1) is 17.6 Å². The molecule has 1 heterocycles. The molecule has 136 valence electrons. The molecule has 2 rings (SSSR count). The third-order valence-corrected chi connectivity index (χ3v) is 4.07. The Balaban J connectivity index is 2.04. The quantitative estimate of drug-likeness (QED) is 0.772. The van der Waals surface area contributed by atoms with E-state index in [-0.39, 0.29) is 5.69 Å². The smallest absolute Gasteiger partial charge is 0.323 e. The number of amides is 4. The maximum absolute atomic E-state index is 13.6. The number of halogens is 2. The fourth-order valence-corrected chi connectivity index (χ4v) is 2.56. The van der Waals surface area contributed by atoms with Gasteiger partial charge in [0.05, 0.1) is 5.69 Å². The second-order valence-corrected chi connectivity index (χ2v) is 6.76. The molecule has 0 bridgehead atoms. The standard InChI is InChI=1S/C17H21F2N3O3/c1-10(2)6-7-17(3)15(24)22(16(25)21-17)9-14(23)20-13-8-11(18)4-5-12(13)19/h4-5,8,10H,6-7,9H2,1-3H3,(H,20,23)(H,21,25). The largest absolute Gasteiger partial charge is 0.325 e. The summed E-state index contributed by atoms with van der Waals surface area (Å²) in [6.07, 6.45) is 1.18. The number of imide groups is 1. The van der Waals surface area contributed by atoms with Gasteiger partial charge < -0.3 is 10.6 Å². The van der Waals surface area contributed by atoms with Gasteiger partial charge in [-0.25, -0.2) is 13.6 Å². The second kappa shape index (κ2) is 7.16. The molecule has 1 atom stereocenters. The lowest BCUT2D eigenvalue weighted by molar-refractivity contribution is -0.133. The molecule has 1 saturated heterocycles. The van der Waals surface area contributed by atoms with E-state index in [1.54, 1.807) is 6.92 Å². The van der Waals surface area contributed by atoms with E-state index in [4.69, 9.17) is 0 Å². The first-order chi connectivity index (χ1) is 11.6. The van der Waals surface area contributed by atoms with E-state index in [0.717, 1.165) is 29.5 Å². The van der Waals surface area contributed by atoms with Gasteiger partial charge in [-0.05, 0) is 37.8 Å². The minimum atomic E-state index is -1.06. The van der Waals surface area contributed by atoms with Crippen LogP contribution >= 0.6 is 0 Å². The van der Waals surface area contributed by atoms with Crippen molar-refractivity contribution in [2.24, 2.45) is 5.92 Å². The molecular weight excluding hydrogens is 332 g/mol. The van der Waals surface area contributed by atoms with Gasteiger partial charge in [-0.2, -0.15) is 0 Å². The third-order valence-electron chi connectivity index (χ3n) is 4.07. The zero-order chi connectivity index (χ0) is 18.8. The van der Waals surface area contributed by atoms with Crippen LogP contribution in [0.5, 0.6) is 0 Å².